The van der Waals surface area contributed by atoms with Crippen molar-refractivity contribution in [3.63, 3.8) is 0 Å². The number of pyridine rings is 1. The molecule has 0 aromatic carbocycles. The normalized spacial score (nSPS) is 12.3. The molecule has 1 rings (SSSR count). The van der Waals surface area contributed by atoms with Gasteiger partial charge in [0.25, 0.3) is 0 Å². The first-order chi connectivity index (χ1) is 9.13. The van der Waals surface area contributed by atoms with Gasteiger partial charge in [0.2, 0.25) is 0 Å². The van der Waals surface area contributed by atoms with E-state index in [1.54, 1.807) is 0 Å². The van der Waals surface area contributed by atoms with E-state index in [1.165, 1.54) is 0 Å². The summed E-state index contributed by atoms with van der Waals surface area (Å²) in [5.74, 6) is 1.01. The van der Waals surface area contributed by atoms with Crippen LogP contribution < -0.4 is 10.2 Å². The molecule has 1 heterocycles. The molecule has 0 amide bonds. The lowest BCUT2D eigenvalue weighted by atomic mass is 10.1. The zero-order valence-corrected chi connectivity index (χ0v) is 13.8. The summed E-state index contributed by atoms with van der Waals surface area (Å²) in [6, 6.07) is 6.20. The molecule has 0 spiro atoms. The van der Waals surface area contributed by atoms with E-state index in [1.807, 2.05) is 6.08 Å². The van der Waals surface area contributed by atoms with Crippen LogP contribution >= 0.6 is 0 Å². The first-order valence-electron chi connectivity index (χ1n) is 7.23. The summed E-state index contributed by atoms with van der Waals surface area (Å²) in [7, 11) is 0. The summed E-state index contributed by atoms with van der Waals surface area (Å²) in [6.07, 6.45) is 1.92. The number of aromatic nitrogens is 1. The summed E-state index contributed by atoms with van der Waals surface area (Å²) in [6.45, 7) is 18.5. The molecule has 0 atom stereocenters. The van der Waals surface area contributed by atoms with Gasteiger partial charge in [-0.15, -0.1) is 6.58 Å². The molecular formula is C17H29N3. The van der Waals surface area contributed by atoms with Crippen LogP contribution in [-0.2, 0) is 6.54 Å². The lowest BCUT2D eigenvalue weighted by Gasteiger charge is -2.36. The Hall–Kier alpha value is -1.35. The van der Waals surface area contributed by atoms with Crippen molar-refractivity contribution in [1.82, 2.24) is 10.3 Å². The molecule has 0 radical (unpaired) electrons. The highest BCUT2D eigenvalue weighted by atomic mass is 15.2. The minimum atomic E-state index is 0.0251. The van der Waals surface area contributed by atoms with Gasteiger partial charge in [-0.3, -0.25) is 0 Å². The standard InChI is InChI=1S/C17H29N3/c1-8-12-20(17(5,6)7)15-11-9-10-14(19-15)13-18-16(2,3)4/h8-11,18H,1,12-13H2,2-7H3. The van der Waals surface area contributed by atoms with Crippen LogP contribution in [-0.4, -0.2) is 22.6 Å². The van der Waals surface area contributed by atoms with Gasteiger partial charge < -0.3 is 10.2 Å². The minimum Gasteiger partial charge on any atom is -0.348 e. The molecule has 0 bridgehead atoms. The monoisotopic (exact) mass is 275 g/mol. The molecule has 1 aromatic heterocycles. The van der Waals surface area contributed by atoms with Gasteiger partial charge in [0.15, 0.2) is 0 Å². The van der Waals surface area contributed by atoms with Crippen molar-refractivity contribution in [2.24, 2.45) is 0 Å². The Balaban J connectivity index is 2.93. The Morgan fingerprint density at radius 1 is 1.20 bits per heavy atom. The Morgan fingerprint density at radius 3 is 2.35 bits per heavy atom. The van der Waals surface area contributed by atoms with Gasteiger partial charge in [-0.05, 0) is 53.7 Å². The van der Waals surface area contributed by atoms with Gasteiger partial charge in [0, 0.05) is 24.2 Å². The lowest BCUT2D eigenvalue weighted by molar-refractivity contribution is 0.421. The molecular weight excluding hydrogens is 246 g/mol. The SMILES string of the molecule is C=CCN(c1cccc(CNC(C)(C)C)n1)C(C)(C)C. The van der Waals surface area contributed by atoms with Crippen molar-refractivity contribution in [2.75, 3.05) is 11.4 Å². The molecule has 0 saturated heterocycles. The third-order valence-electron chi connectivity index (χ3n) is 2.99. The molecule has 0 unspecified atom stereocenters. The molecule has 3 heteroatoms. The number of nitrogens with one attached hydrogen (secondary N) is 1. The van der Waals surface area contributed by atoms with Crippen LogP contribution in [0.5, 0.6) is 0 Å². The van der Waals surface area contributed by atoms with E-state index in [-0.39, 0.29) is 11.1 Å². The van der Waals surface area contributed by atoms with Crippen molar-refractivity contribution in [3.05, 3.63) is 36.5 Å². The fourth-order valence-corrected chi connectivity index (χ4v) is 1.91. The number of hydrogen-bond donors (Lipinski definition) is 1. The highest BCUT2D eigenvalue weighted by Gasteiger charge is 2.21. The number of rotatable bonds is 5. The van der Waals surface area contributed by atoms with E-state index in [2.05, 4.69) is 76.5 Å². The van der Waals surface area contributed by atoms with Crippen molar-refractivity contribution in [2.45, 2.75) is 59.2 Å². The number of anilines is 1. The second kappa shape index (κ2) is 6.40. The number of nitrogens with zero attached hydrogens (tertiary/aromatic N) is 2. The van der Waals surface area contributed by atoms with Gasteiger partial charge >= 0.3 is 0 Å². The minimum absolute atomic E-state index is 0.0251. The molecule has 0 aliphatic heterocycles. The van der Waals surface area contributed by atoms with Crippen LogP contribution in [0.4, 0.5) is 5.82 Å². The van der Waals surface area contributed by atoms with Crippen molar-refractivity contribution in [3.8, 4) is 0 Å². The number of hydrogen-bond acceptors (Lipinski definition) is 3. The summed E-state index contributed by atoms with van der Waals surface area (Å²) in [4.78, 5) is 7.04. The first-order valence-corrected chi connectivity index (χ1v) is 7.23. The average molecular weight is 275 g/mol. The maximum Gasteiger partial charge on any atom is 0.129 e. The molecule has 0 aliphatic rings. The molecule has 0 saturated carbocycles. The second-order valence-corrected chi connectivity index (χ2v) is 7.16. The maximum atomic E-state index is 4.78. The highest BCUT2D eigenvalue weighted by molar-refractivity contribution is 5.43. The summed E-state index contributed by atoms with van der Waals surface area (Å²) < 4.78 is 0. The summed E-state index contributed by atoms with van der Waals surface area (Å²) in [5.41, 5.74) is 1.19. The molecule has 0 fully saturated rings. The lowest BCUT2D eigenvalue weighted by Crippen LogP contribution is -2.42. The first kappa shape index (κ1) is 16.7. The predicted octanol–water partition coefficient (Wildman–Crippen LogP) is 3.76. The van der Waals surface area contributed by atoms with Gasteiger partial charge in [-0.2, -0.15) is 0 Å². The Labute approximate surface area is 124 Å². The fourth-order valence-electron chi connectivity index (χ4n) is 1.91. The van der Waals surface area contributed by atoms with E-state index < -0.39 is 0 Å². The molecule has 20 heavy (non-hydrogen) atoms. The van der Waals surface area contributed by atoms with E-state index >= 15 is 0 Å². The molecule has 3 nitrogen and oxygen atoms in total. The topological polar surface area (TPSA) is 28.2 Å². The van der Waals surface area contributed by atoms with Crippen LogP contribution in [0.1, 0.15) is 47.2 Å². The van der Waals surface area contributed by atoms with Crippen molar-refractivity contribution >= 4 is 5.82 Å². The van der Waals surface area contributed by atoms with E-state index in [9.17, 15) is 0 Å². The zero-order valence-electron chi connectivity index (χ0n) is 13.8. The van der Waals surface area contributed by atoms with Crippen molar-refractivity contribution < 1.29 is 0 Å². The molecule has 112 valence electrons. The fraction of sp³-hybridized carbons (Fsp3) is 0.588. The average Bonchev–Trinajstić information content (AvgIpc) is 2.31. The van der Waals surface area contributed by atoms with Gasteiger partial charge in [0.05, 0.1) is 5.69 Å². The molecule has 1 aromatic rings. The molecule has 1 N–H and O–H groups in total. The van der Waals surface area contributed by atoms with Gasteiger partial charge in [0.1, 0.15) is 5.82 Å². The Morgan fingerprint density at radius 2 is 1.85 bits per heavy atom. The van der Waals surface area contributed by atoms with E-state index in [4.69, 9.17) is 4.98 Å². The van der Waals surface area contributed by atoms with Crippen LogP contribution in [0.3, 0.4) is 0 Å². The smallest absolute Gasteiger partial charge is 0.129 e. The van der Waals surface area contributed by atoms with E-state index in [0.717, 1.165) is 24.6 Å². The van der Waals surface area contributed by atoms with Crippen LogP contribution in [0.25, 0.3) is 0 Å². The Kier molecular flexibility index (Phi) is 5.35. The largest absolute Gasteiger partial charge is 0.348 e. The zero-order chi connectivity index (χ0) is 15.4. The third kappa shape index (κ3) is 5.33. The second-order valence-electron chi connectivity index (χ2n) is 7.16. The Bertz CT molecular complexity index is 438. The van der Waals surface area contributed by atoms with Crippen molar-refractivity contribution in [1.29, 1.82) is 0 Å². The van der Waals surface area contributed by atoms with Crippen LogP contribution in [0.2, 0.25) is 0 Å². The maximum absolute atomic E-state index is 4.78. The summed E-state index contributed by atoms with van der Waals surface area (Å²) in [5, 5.41) is 3.47. The van der Waals surface area contributed by atoms with Gasteiger partial charge in [-0.25, -0.2) is 4.98 Å². The summed E-state index contributed by atoms with van der Waals surface area (Å²) >= 11 is 0. The van der Waals surface area contributed by atoms with E-state index in [0.29, 0.717) is 0 Å². The van der Waals surface area contributed by atoms with Gasteiger partial charge in [-0.1, -0.05) is 12.1 Å². The quantitative estimate of drug-likeness (QED) is 0.829. The highest BCUT2D eigenvalue weighted by Crippen LogP contribution is 2.22. The van der Waals surface area contributed by atoms with Crippen LogP contribution in [0, 0.1) is 0 Å². The van der Waals surface area contributed by atoms with Crippen LogP contribution in [0.15, 0.2) is 30.9 Å². The predicted molar refractivity (Wildman–Crippen MR) is 88.1 cm³/mol. The third-order valence-corrected chi connectivity index (χ3v) is 2.99. The molecule has 0 aliphatic carbocycles.